The van der Waals surface area contributed by atoms with Crippen LogP contribution in [0.2, 0.25) is 5.15 Å². The monoisotopic (exact) mass is 273 g/mol. The van der Waals surface area contributed by atoms with Gasteiger partial charge in [-0.3, -0.25) is 0 Å². The Bertz CT molecular complexity index is 348. The minimum absolute atomic E-state index is 0.431. The molecule has 0 aromatic carbocycles. The van der Waals surface area contributed by atoms with E-state index >= 15 is 0 Å². The molecule has 0 saturated carbocycles. The van der Waals surface area contributed by atoms with E-state index < -0.39 is 0 Å². The Morgan fingerprint density at radius 1 is 1.64 bits per heavy atom. The molecule has 0 N–H and O–H groups in total. The van der Waals surface area contributed by atoms with Crippen molar-refractivity contribution in [1.29, 1.82) is 0 Å². The number of rotatable bonds is 4. The molecule has 0 spiro atoms. The summed E-state index contributed by atoms with van der Waals surface area (Å²) in [7, 11) is 0. The first kappa shape index (κ1) is 11.4. The number of terminal acetylenes is 1. The van der Waals surface area contributed by atoms with Crippen molar-refractivity contribution in [2.45, 2.75) is 12.8 Å². The molecule has 0 aliphatic carbocycles. The lowest BCUT2D eigenvalue weighted by Gasteiger charge is -2.04. The van der Waals surface area contributed by atoms with Crippen LogP contribution in [0.3, 0.4) is 0 Å². The molecule has 0 aliphatic rings. The quantitative estimate of drug-likeness (QED) is 0.477. The van der Waals surface area contributed by atoms with Crippen molar-refractivity contribution in [2.24, 2.45) is 0 Å². The molecule has 0 saturated heterocycles. The van der Waals surface area contributed by atoms with Gasteiger partial charge in [-0.15, -0.1) is 12.3 Å². The lowest BCUT2D eigenvalue weighted by Crippen LogP contribution is -1.97. The van der Waals surface area contributed by atoms with Crippen LogP contribution in [0.25, 0.3) is 0 Å². The fourth-order valence-corrected chi connectivity index (χ4v) is 1.28. The molecule has 0 radical (unpaired) electrons. The molecule has 0 atom stereocenters. The highest BCUT2D eigenvalue weighted by Crippen LogP contribution is 2.24. The molecule has 4 heteroatoms. The zero-order valence-electron chi connectivity index (χ0n) is 7.46. The molecule has 0 amide bonds. The van der Waals surface area contributed by atoms with Crippen LogP contribution in [0.4, 0.5) is 0 Å². The van der Waals surface area contributed by atoms with Crippen LogP contribution in [-0.4, -0.2) is 11.6 Å². The first-order valence-corrected chi connectivity index (χ1v) is 5.28. The van der Waals surface area contributed by atoms with Crippen molar-refractivity contribution >= 4 is 27.5 Å². The maximum absolute atomic E-state index is 5.72. The van der Waals surface area contributed by atoms with Crippen LogP contribution >= 0.6 is 27.5 Å². The summed E-state index contributed by atoms with van der Waals surface area (Å²) < 4.78 is 6.13. The third-order valence-electron chi connectivity index (χ3n) is 1.51. The zero-order chi connectivity index (χ0) is 10.4. The highest BCUT2D eigenvalue weighted by atomic mass is 79.9. The van der Waals surface area contributed by atoms with Gasteiger partial charge in [0.15, 0.2) is 0 Å². The fraction of sp³-hybridized carbons (Fsp3) is 0.300. The highest BCUT2D eigenvalue weighted by molar-refractivity contribution is 9.10. The fourth-order valence-electron chi connectivity index (χ4n) is 0.847. The Morgan fingerprint density at radius 2 is 2.43 bits per heavy atom. The van der Waals surface area contributed by atoms with Crippen molar-refractivity contribution in [3.05, 3.63) is 21.9 Å². The van der Waals surface area contributed by atoms with E-state index in [1.807, 2.05) is 0 Å². The van der Waals surface area contributed by atoms with E-state index in [1.54, 1.807) is 12.3 Å². The molecule has 74 valence electrons. The van der Waals surface area contributed by atoms with Crippen LogP contribution in [-0.2, 0) is 0 Å². The highest BCUT2D eigenvalue weighted by Gasteiger charge is 2.00. The summed E-state index contributed by atoms with van der Waals surface area (Å²) >= 11 is 8.99. The van der Waals surface area contributed by atoms with Crippen molar-refractivity contribution in [3.63, 3.8) is 0 Å². The number of hydrogen-bond donors (Lipinski definition) is 0. The molecule has 14 heavy (non-hydrogen) atoms. The average Bonchev–Trinajstić information content (AvgIpc) is 2.18. The molecule has 0 fully saturated rings. The lowest BCUT2D eigenvalue weighted by molar-refractivity contribution is 0.311. The maximum atomic E-state index is 5.72. The normalized spacial score (nSPS) is 9.50. The van der Waals surface area contributed by atoms with E-state index in [0.717, 1.165) is 17.3 Å². The van der Waals surface area contributed by atoms with E-state index in [2.05, 4.69) is 26.8 Å². The maximum Gasteiger partial charge on any atom is 0.143 e. The molecule has 1 rings (SSSR count). The Labute approximate surface area is 96.8 Å². The summed E-state index contributed by atoms with van der Waals surface area (Å²) in [5.41, 5.74) is 0. The minimum atomic E-state index is 0.431. The van der Waals surface area contributed by atoms with E-state index in [4.69, 9.17) is 22.8 Å². The van der Waals surface area contributed by atoms with E-state index in [1.165, 1.54) is 0 Å². The predicted octanol–water partition coefficient (Wildman–Crippen LogP) is 3.29. The van der Waals surface area contributed by atoms with Crippen molar-refractivity contribution in [1.82, 2.24) is 4.98 Å². The lowest BCUT2D eigenvalue weighted by atomic mass is 10.3. The molecule has 0 aliphatic heterocycles. The average molecular weight is 275 g/mol. The topological polar surface area (TPSA) is 22.1 Å². The van der Waals surface area contributed by atoms with Crippen molar-refractivity contribution < 1.29 is 4.74 Å². The van der Waals surface area contributed by atoms with Gasteiger partial charge in [-0.1, -0.05) is 11.6 Å². The Balaban J connectivity index is 2.44. The van der Waals surface area contributed by atoms with Crippen molar-refractivity contribution in [3.8, 4) is 18.1 Å². The van der Waals surface area contributed by atoms with Gasteiger partial charge in [0.05, 0.1) is 17.3 Å². The van der Waals surface area contributed by atoms with E-state index in [-0.39, 0.29) is 0 Å². The second kappa shape index (κ2) is 5.90. The molecular formula is C10H9BrClNO. The number of pyridine rings is 1. The summed E-state index contributed by atoms with van der Waals surface area (Å²) in [6.07, 6.45) is 8.26. The summed E-state index contributed by atoms with van der Waals surface area (Å²) in [5, 5.41) is 0.431. The van der Waals surface area contributed by atoms with Crippen molar-refractivity contribution in [2.75, 3.05) is 6.61 Å². The third-order valence-corrected chi connectivity index (χ3v) is 2.64. The molecular weight excluding hydrogens is 265 g/mol. The molecule has 1 aromatic rings. The van der Waals surface area contributed by atoms with E-state index in [9.17, 15) is 0 Å². The number of ether oxygens (including phenoxy) is 1. The first-order chi connectivity index (χ1) is 6.74. The molecule has 2 nitrogen and oxygen atoms in total. The minimum Gasteiger partial charge on any atom is -0.492 e. The van der Waals surface area contributed by atoms with Gasteiger partial charge in [-0.2, -0.15) is 0 Å². The smallest absolute Gasteiger partial charge is 0.143 e. The summed E-state index contributed by atoms with van der Waals surface area (Å²) in [4.78, 5) is 3.93. The Hall–Kier alpha value is -0.720. The van der Waals surface area contributed by atoms with Gasteiger partial charge in [0.2, 0.25) is 0 Å². The zero-order valence-corrected chi connectivity index (χ0v) is 9.81. The van der Waals surface area contributed by atoms with Gasteiger partial charge in [0.1, 0.15) is 10.9 Å². The van der Waals surface area contributed by atoms with Crippen LogP contribution in [0.1, 0.15) is 12.8 Å². The number of hydrogen-bond acceptors (Lipinski definition) is 2. The largest absolute Gasteiger partial charge is 0.492 e. The second-order valence-electron chi connectivity index (χ2n) is 2.60. The number of halogens is 2. The molecule has 1 heterocycles. The predicted molar refractivity (Wildman–Crippen MR) is 60.5 cm³/mol. The molecule has 0 bridgehead atoms. The standard InChI is InChI=1S/C10H9BrClNO/c1-2-3-4-5-14-8-6-9(11)10(12)13-7-8/h1,6-7H,3-5H2. The van der Waals surface area contributed by atoms with Gasteiger partial charge in [-0.25, -0.2) is 4.98 Å². The van der Waals surface area contributed by atoms with Crippen LogP contribution in [0.5, 0.6) is 5.75 Å². The third kappa shape index (κ3) is 3.57. The number of nitrogens with zero attached hydrogens (tertiary/aromatic N) is 1. The summed E-state index contributed by atoms with van der Waals surface area (Å²) in [5.74, 6) is 3.24. The van der Waals surface area contributed by atoms with Gasteiger partial charge >= 0.3 is 0 Å². The van der Waals surface area contributed by atoms with Gasteiger partial charge < -0.3 is 4.74 Å². The van der Waals surface area contributed by atoms with Gasteiger partial charge in [0, 0.05) is 6.42 Å². The van der Waals surface area contributed by atoms with Gasteiger partial charge in [-0.05, 0) is 28.4 Å². The second-order valence-corrected chi connectivity index (χ2v) is 3.81. The first-order valence-electron chi connectivity index (χ1n) is 4.11. The van der Waals surface area contributed by atoms with Crippen LogP contribution in [0, 0.1) is 12.3 Å². The Morgan fingerprint density at radius 3 is 3.07 bits per heavy atom. The van der Waals surface area contributed by atoms with Crippen LogP contribution < -0.4 is 4.74 Å². The summed E-state index contributed by atoms with van der Waals surface area (Å²) in [6.45, 7) is 0.597. The molecule has 1 aromatic heterocycles. The Kier molecular flexibility index (Phi) is 4.78. The SMILES string of the molecule is C#CCCCOc1cnc(Cl)c(Br)c1. The number of unbranched alkanes of at least 4 members (excludes halogenated alkanes) is 1. The van der Waals surface area contributed by atoms with Gasteiger partial charge in [0.25, 0.3) is 0 Å². The summed E-state index contributed by atoms with van der Waals surface area (Å²) in [6, 6.07) is 1.78. The molecule has 0 unspecified atom stereocenters. The number of aromatic nitrogens is 1. The van der Waals surface area contributed by atoms with E-state index in [0.29, 0.717) is 17.5 Å². The van der Waals surface area contributed by atoms with Crippen LogP contribution in [0.15, 0.2) is 16.7 Å².